The zero-order chi connectivity index (χ0) is 26.1. The smallest absolute Gasteiger partial charge is 0.255 e. The first-order valence-electron chi connectivity index (χ1n) is 12.4. The van der Waals surface area contributed by atoms with Gasteiger partial charge in [0, 0.05) is 30.9 Å². The van der Waals surface area contributed by atoms with Crippen LogP contribution in [-0.4, -0.2) is 76.2 Å². The number of methoxy groups -OCH3 is 1. The van der Waals surface area contributed by atoms with E-state index >= 15 is 0 Å². The quantitative estimate of drug-likeness (QED) is 0.424. The minimum Gasteiger partial charge on any atom is -0.494 e. The number of aliphatic hydroxyl groups excluding tert-OH is 1. The average molecular weight is 512 g/mol. The van der Waals surface area contributed by atoms with Crippen LogP contribution in [0.15, 0.2) is 18.3 Å². The molecular formula is C26H30FN5O5. The van der Waals surface area contributed by atoms with Crippen LogP contribution in [0.4, 0.5) is 4.39 Å². The standard InChI is InChI=1S/C26H30FN5O5/c1-14-23(26(35)30-16-5-7-32(8-6-16)22(34)12-33)24-19(29-14)11-28-25(31-24)17-9-18(27)21(36-2)10-20(17)37-13-15-3-4-15/h9-11,15-16,29,33H,3-8,12-13H2,1-2H3,(H,30,35). The van der Waals surface area contributed by atoms with Gasteiger partial charge in [-0.25, -0.2) is 14.4 Å². The molecule has 2 aromatic heterocycles. The number of amides is 2. The summed E-state index contributed by atoms with van der Waals surface area (Å²) >= 11 is 0. The number of nitrogens with zero attached hydrogens (tertiary/aromatic N) is 3. The number of benzene rings is 1. The highest BCUT2D eigenvalue weighted by molar-refractivity contribution is 6.07. The highest BCUT2D eigenvalue weighted by atomic mass is 19.1. The van der Waals surface area contributed by atoms with E-state index < -0.39 is 12.4 Å². The normalized spacial score (nSPS) is 16.2. The Hall–Kier alpha value is -3.73. The molecule has 3 aromatic rings. The topological polar surface area (TPSA) is 130 Å². The molecule has 3 heterocycles. The van der Waals surface area contributed by atoms with Gasteiger partial charge in [-0.05, 0) is 44.6 Å². The maximum absolute atomic E-state index is 14.7. The molecule has 37 heavy (non-hydrogen) atoms. The molecule has 2 aliphatic rings. The van der Waals surface area contributed by atoms with E-state index in [-0.39, 0.29) is 29.4 Å². The number of H-pyrrole nitrogens is 1. The van der Waals surface area contributed by atoms with Crippen molar-refractivity contribution < 1.29 is 28.6 Å². The predicted octanol–water partition coefficient (Wildman–Crippen LogP) is 2.58. The molecule has 0 unspecified atom stereocenters. The van der Waals surface area contributed by atoms with Crippen LogP contribution in [0.1, 0.15) is 41.7 Å². The fraction of sp³-hybridized carbons (Fsp3) is 0.462. The van der Waals surface area contributed by atoms with Crippen LogP contribution < -0.4 is 14.8 Å². The van der Waals surface area contributed by atoms with Crippen molar-refractivity contribution in [2.75, 3.05) is 33.4 Å². The number of rotatable bonds is 8. The highest BCUT2D eigenvalue weighted by Crippen LogP contribution is 2.37. The zero-order valence-electron chi connectivity index (χ0n) is 20.8. The molecule has 10 nitrogen and oxygen atoms in total. The van der Waals surface area contributed by atoms with Crippen LogP contribution in [0.2, 0.25) is 0 Å². The number of ether oxygens (including phenoxy) is 2. The van der Waals surface area contributed by atoms with Gasteiger partial charge in [-0.3, -0.25) is 9.59 Å². The lowest BCUT2D eigenvalue weighted by Gasteiger charge is -2.32. The number of carbonyl (C=O) groups is 2. The van der Waals surface area contributed by atoms with Crippen molar-refractivity contribution >= 4 is 22.8 Å². The van der Waals surface area contributed by atoms with Crippen molar-refractivity contribution in [1.82, 2.24) is 25.2 Å². The third-order valence-electron chi connectivity index (χ3n) is 6.93. The molecule has 0 spiro atoms. The van der Waals surface area contributed by atoms with E-state index in [0.29, 0.717) is 72.1 Å². The van der Waals surface area contributed by atoms with Crippen LogP contribution >= 0.6 is 0 Å². The molecule has 196 valence electrons. The molecule has 1 aliphatic carbocycles. The first-order valence-corrected chi connectivity index (χ1v) is 12.4. The number of aryl methyl sites for hydroxylation is 1. The van der Waals surface area contributed by atoms with E-state index in [1.807, 2.05) is 0 Å². The first-order chi connectivity index (χ1) is 17.9. The minimum absolute atomic E-state index is 0.0694. The monoisotopic (exact) mass is 511 g/mol. The average Bonchev–Trinajstić information content (AvgIpc) is 3.67. The molecule has 0 atom stereocenters. The number of likely N-dealkylation sites (tertiary alicyclic amines) is 1. The molecule has 1 aromatic carbocycles. The van der Waals surface area contributed by atoms with E-state index in [0.717, 1.165) is 12.8 Å². The number of piperidine rings is 1. The second-order valence-corrected chi connectivity index (χ2v) is 9.60. The highest BCUT2D eigenvalue weighted by Gasteiger charge is 2.27. The summed E-state index contributed by atoms with van der Waals surface area (Å²) in [4.78, 5) is 38.8. The van der Waals surface area contributed by atoms with Gasteiger partial charge in [0.1, 0.15) is 17.9 Å². The molecule has 2 fully saturated rings. The summed E-state index contributed by atoms with van der Waals surface area (Å²) < 4.78 is 25.8. The summed E-state index contributed by atoms with van der Waals surface area (Å²) in [6.45, 7) is 2.73. The molecule has 5 rings (SSSR count). The predicted molar refractivity (Wildman–Crippen MR) is 133 cm³/mol. The fourth-order valence-electron chi connectivity index (χ4n) is 4.62. The van der Waals surface area contributed by atoms with Crippen LogP contribution in [0.3, 0.4) is 0 Å². The maximum Gasteiger partial charge on any atom is 0.255 e. The molecule has 11 heteroatoms. The van der Waals surface area contributed by atoms with Crippen molar-refractivity contribution in [2.45, 2.75) is 38.6 Å². The van der Waals surface area contributed by atoms with Gasteiger partial charge in [0.05, 0.1) is 36.6 Å². The summed E-state index contributed by atoms with van der Waals surface area (Å²) in [6, 6.07) is 2.69. The number of hydrogen-bond donors (Lipinski definition) is 3. The Labute approximate surface area is 213 Å². The Morgan fingerprint density at radius 1 is 1.22 bits per heavy atom. The van der Waals surface area contributed by atoms with E-state index in [1.54, 1.807) is 18.0 Å². The van der Waals surface area contributed by atoms with Crippen LogP contribution in [0.5, 0.6) is 11.5 Å². The molecule has 1 saturated carbocycles. The van der Waals surface area contributed by atoms with Gasteiger partial charge in [-0.2, -0.15) is 0 Å². The first kappa shape index (κ1) is 24.9. The number of aliphatic hydroxyl groups is 1. The summed E-state index contributed by atoms with van der Waals surface area (Å²) in [5.74, 6) is 0.0664. The van der Waals surface area contributed by atoms with Crippen LogP contribution in [0.25, 0.3) is 22.4 Å². The largest absolute Gasteiger partial charge is 0.494 e. The SMILES string of the molecule is COc1cc(OCC2CC2)c(-c2ncc3[nH]c(C)c(C(=O)NC4CCN(C(=O)CO)CC4)c3n2)cc1F. The summed E-state index contributed by atoms with van der Waals surface area (Å²) in [5.41, 5.74) is 2.42. The number of hydrogen-bond acceptors (Lipinski definition) is 7. The number of aromatic nitrogens is 3. The van der Waals surface area contributed by atoms with E-state index in [4.69, 9.17) is 14.6 Å². The number of carbonyl (C=O) groups excluding carboxylic acids is 2. The number of nitrogens with one attached hydrogen (secondary N) is 2. The van der Waals surface area contributed by atoms with Gasteiger partial charge < -0.3 is 29.8 Å². The molecule has 1 saturated heterocycles. The van der Waals surface area contributed by atoms with Crippen LogP contribution in [0, 0.1) is 18.7 Å². The molecule has 3 N–H and O–H groups in total. The Bertz CT molecular complexity index is 1330. The third-order valence-corrected chi connectivity index (χ3v) is 6.93. The van der Waals surface area contributed by atoms with Gasteiger partial charge in [-0.15, -0.1) is 0 Å². The second-order valence-electron chi connectivity index (χ2n) is 9.60. The summed E-state index contributed by atoms with van der Waals surface area (Å²) in [7, 11) is 1.40. The van der Waals surface area contributed by atoms with Gasteiger partial charge in [0.15, 0.2) is 17.4 Å². The number of halogens is 1. The van der Waals surface area contributed by atoms with Crippen molar-refractivity contribution in [3.63, 3.8) is 0 Å². The van der Waals surface area contributed by atoms with Gasteiger partial charge >= 0.3 is 0 Å². The van der Waals surface area contributed by atoms with Crippen LogP contribution in [-0.2, 0) is 4.79 Å². The summed E-state index contributed by atoms with van der Waals surface area (Å²) in [5, 5.41) is 12.1. The second kappa shape index (κ2) is 10.3. The fourth-order valence-corrected chi connectivity index (χ4v) is 4.62. The van der Waals surface area contributed by atoms with E-state index in [9.17, 15) is 14.0 Å². The van der Waals surface area contributed by atoms with Crippen molar-refractivity contribution in [1.29, 1.82) is 0 Å². The van der Waals surface area contributed by atoms with Crippen molar-refractivity contribution in [3.05, 3.63) is 35.4 Å². The van der Waals surface area contributed by atoms with Crippen molar-refractivity contribution in [3.8, 4) is 22.9 Å². The number of fused-ring (bicyclic) bond motifs is 1. The van der Waals surface area contributed by atoms with Gasteiger partial charge in [0.25, 0.3) is 5.91 Å². The molecular weight excluding hydrogens is 481 g/mol. The third kappa shape index (κ3) is 5.22. The van der Waals surface area contributed by atoms with Gasteiger partial charge in [0.2, 0.25) is 5.91 Å². The zero-order valence-corrected chi connectivity index (χ0v) is 20.8. The molecule has 2 amide bonds. The number of aromatic amines is 1. The van der Waals surface area contributed by atoms with Crippen molar-refractivity contribution in [2.24, 2.45) is 5.92 Å². The Kier molecular flexibility index (Phi) is 6.96. The van der Waals surface area contributed by atoms with Gasteiger partial charge in [-0.1, -0.05) is 0 Å². The molecule has 1 aliphatic heterocycles. The Morgan fingerprint density at radius 3 is 2.65 bits per heavy atom. The van der Waals surface area contributed by atoms with E-state index in [2.05, 4.69) is 20.3 Å². The molecule has 0 bridgehead atoms. The lowest BCUT2D eigenvalue weighted by Crippen LogP contribution is -2.47. The summed E-state index contributed by atoms with van der Waals surface area (Å²) in [6.07, 6.45) is 4.97. The Balaban J connectivity index is 1.42. The lowest BCUT2D eigenvalue weighted by atomic mass is 10.0. The lowest BCUT2D eigenvalue weighted by molar-refractivity contribution is -0.135. The van der Waals surface area contributed by atoms with E-state index in [1.165, 1.54) is 19.2 Å². The maximum atomic E-state index is 14.7. The molecule has 0 radical (unpaired) electrons. The minimum atomic E-state index is -0.561. The Morgan fingerprint density at radius 2 is 1.97 bits per heavy atom.